The minimum atomic E-state index is -0.705. The molecule has 2 heterocycles. The summed E-state index contributed by atoms with van der Waals surface area (Å²) in [5.41, 5.74) is 3.22. The van der Waals surface area contributed by atoms with Crippen molar-refractivity contribution in [2.75, 3.05) is 37.7 Å². The van der Waals surface area contributed by atoms with Crippen molar-refractivity contribution in [1.29, 1.82) is 0 Å². The molecule has 0 radical (unpaired) electrons. The van der Waals surface area contributed by atoms with E-state index >= 15 is 0 Å². The van der Waals surface area contributed by atoms with E-state index in [0.717, 1.165) is 35.8 Å². The van der Waals surface area contributed by atoms with Crippen molar-refractivity contribution >= 4 is 11.6 Å². The zero-order valence-electron chi connectivity index (χ0n) is 18.6. The highest BCUT2D eigenvalue weighted by Gasteiger charge is 2.34. The summed E-state index contributed by atoms with van der Waals surface area (Å²) >= 11 is 0. The molecule has 6 heteroatoms. The van der Waals surface area contributed by atoms with Crippen LogP contribution in [0.4, 0.5) is 10.1 Å². The van der Waals surface area contributed by atoms with E-state index in [-0.39, 0.29) is 5.91 Å². The lowest BCUT2D eigenvalue weighted by Gasteiger charge is -2.20. The molecule has 32 heavy (non-hydrogen) atoms. The molecule has 0 bridgehead atoms. The quantitative estimate of drug-likeness (QED) is 0.610. The molecule has 2 atom stereocenters. The molecular formula is C26H31FN2O3. The van der Waals surface area contributed by atoms with Gasteiger partial charge in [0.1, 0.15) is 24.3 Å². The van der Waals surface area contributed by atoms with Gasteiger partial charge in [0.05, 0.1) is 0 Å². The van der Waals surface area contributed by atoms with E-state index in [4.69, 9.17) is 9.47 Å². The first kappa shape index (κ1) is 21.3. The number of ether oxygens (including phenoxy) is 2. The first-order valence-electron chi connectivity index (χ1n) is 11.7. The number of alkyl halides is 1. The van der Waals surface area contributed by atoms with Gasteiger partial charge in [0.2, 0.25) is 0 Å². The fraction of sp³-hybridized carbons (Fsp3) is 0.500. The van der Waals surface area contributed by atoms with Crippen LogP contribution in [0.15, 0.2) is 42.5 Å². The zero-order valence-corrected chi connectivity index (χ0v) is 18.6. The summed E-state index contributed by atoms with van der Waals surface area (Å²) in [7, 11) is 0. The van der Waals surface area contributed by atoms with Crippen LogP contribution in [0.25, 0.3) is 0 Å². The Labute approximate surface area is 189 Å². The van der Waals surface area contributed by atoms with E-state index in [1.807, 2.05) is 37.3 Å². The predicted molar refractivity (Wildman–Crippen MR) is 122 cm³/mol. The Bertz CT molecular complexity index is 960. The summed E-state index contributed by atoms with van der Waals surface area (Å²) in [6.45, 7) is 5.20. The molecule has 2 aliphatic heterocycles. The average Bonchev–Trinajstić information content (AvgIpc) is 3.47. The molecule has 0 spiro atoms. The smallest absolute Gasteiger partial charge is 0.268 e. The lowest BCUT2D eigenvalue weighted by molar-refractivity contribution is -0.122. The molecule has 5 nitrogen and oxygen atoms in total. The Morgan fingerprint density at radius 3 is 2.53 bits per heavy atom. The largest absolute Gasteiger partial charge is 0.492 e. The second kappa shape index (κ2) is 9.10. The second-order valence-electron chi connectivity index (χ2n) is 9.21. The summed E-state index contributed by atoms with van der Waals surface area (Å²) in [5, 5.41) is 0. The molecule has 1 amide bonds. The highest BCUT2D eigenvalue weighted by molar-refractivity contribution is 5.99. The van der Waals surface area contributed by atoms with Gasteiger partial charge in [-0.2, -0.15) is 0 Å². The number of amides is 1. The topological polar surface area (TPSA) is 42.0 Å². The van der Waals surface area contributed by atoms with Gasteiger partial charge in [0.25, 0.3) is 5.91 Å². The molecular weight excluding hydrogens is 407 g/mol. The molecule has 2 aromatic rings. The van der Waals surface area contributed by atoms with Gasteiger partial charge >= 0.3 is 0 Å². The van der Waals surface area contributed by atoms with Crippen molar-refractivity contribution in [1.82, 2.24) is 4.90 Å². The van der Waals surface area contributed by atoms with Gasteiger partial charge in [0, 0.05) is 38.3 Å². The van der Waals surface area contributed by atoms with Crippen molar-refractivity contribution in [3.8, 4) is 11.5 Å². The molecule has 1 saturated carbocycles. The Balaban J connectivity index is 1.15. The van der Waals surface area contributed by atoms with Crippen molar-refractivity contribution in [2.45, 2.75) is 50.8 Å². The number of likely N-dealkylation sites (tertiary alicyclic amines) is 1. The lowest BCUT2D eigenvalue weighted by atomic mass is 10.1. The van der Waals surface area contributed by atoms with Crippen LogP contribution < -0.4 is 14.4 Å². The number of aryl methyl sites for hydroxylation is 1. The van der Waals surface area contributed by atoms with Gasteiger partial charge in [0.15, 0.2) is 6.10 Å². The lowest BCUT2D eigenvalue weighted by Crippen LogP contribution is -2.32. The van der Waals surface area contributed by atoms with Gasteiger partial charge < -0.3 is 14.4 Å². The summed E-state index contributed by atoms with van der Waals surface area (Å²) in [4.78, 5) is 16.9. The molecule has 5 rings (SSSR count). The van der Waals surface area contributed by atoms with Gasteiger partial charge in [-0.3, -0.25) is 9.69 Å². The molecule has 3 fully saturated rings. The molecule has 0 aromatic heterocycles. The van der Waals surface area contributed by atoms with Gasteiger partial charge in [-0.1, -0.05) is 12.1 Å². The maximum absolute atomic E-state index is 13.3. The van der Waals surface area contributed by atoms with Crippen molar-refractivity contribution < 1.29 is 18.7 Å². The van der Waals surface area contributed by atoms with Crippen LogP contribution in [-0.4, -0.2) is 55.9 Å². The van der Waals surface area contributed by atoms with Gasteiger partial charge in [-0.25, -0.2) is 4.39 Å². The summed E-state index contributed by atoms with van der Waals surface area (Å²) in [6, 6.07) is 14.0. The fourth-order valence-electron chi connectivity index (χ4n) is 4.66. The molecule has 2 aromatic carbocycles. The normalized spacial score (nSPS) is 23.7. The van der Waals surface area contributed by atoms with E-state index in [2.05, 4.69) is 17.0 Å². The Morgan fingerprint density at radius 1 is 1.03 bits per heavy atom. The zero-order chi connectivity index (χ0) is 22.1. The van der Waals surface area contributed by atoms with E-state index in [1.54, 1.807) is 4.90 Å². The number of hydrogen-bond donors (Lipinski definition) is 0. The van der Waals surface area contributed by atoms with Crippen LogP contribution in [0.3, 0.4) is 0 Å². The SMILES string of the molecule is Cc1cc(N2CC[C@H](Oc3ccc(C4CC4)cc3)C2=O)ccc1OCCN1CC[C@H](F)C1. The predicted octanol–water partition coefficient (Wildman–Crippen LogP) is 4.48. The average molecular weight is 439 g/mol. The third-order valence-corrected chi connectivity index (χ3v) is 6.71. The maximum atomic E-state index is 13.3. The Morgan fingerprint density at radius 2 is 1.84 bits per heavy atom. The van der Waals surface area contributed by atoms with E-state index in [9.17, 15) is 9.18 Å². The summed E-state index contributed by atoms with van der Waals surface area (Å²) < 4.78 is 25.2. The molecule has 2 saturated heterocycles. The molecule has 170 valence electrons. The van der Waals surface area contributed by atoms with Crippen LogP contribution in [-0.2, 0) is 4.79 Å². The van der Waals surface area contributed by atoms with E-state index in [0.29, 0.717) is 38.5 Å². The monoisotopic (exact) mass is 438 g/mol. The van der Waals surface area contributed by atoms with Crippen molar-refractivity contribution in [2.24, 2.45) is 0 Å². The summed E-state index contributed by atoms with van der Waals surface area (Å²) in [6.07, 6.45) is 2.69. The number of carbonyl (C=O) groups is 1. The minimum absolute atomic E-state index is 0.000789. The van der Waals surface area contributed by atoms with Crippen LogP contribution >= 0.6 is 0 Å². The first-order chi connectivity index (χ1) is 15.6. The van der Waals surface area contributed by atoms with Crippen molar-refractivity contribution in [3.05, 3.63) is 53.6 Å². The number of nitrogens with zero attached hydrogens (tertiary/aromatic N) is 2. The van der Waals surface area contributed by atoms with Crippen LogP contribution in [0.2, 0.25) is 0 Å². The number of anilines is 1. The fourth-order valence-corrected chi connectivity index (χ4v) is 4.66. The Kier molecular flexibility index (Phi) is 6.05. The number of halogens is 1. The third kappa shape index (κ3) is 4.75. The molecule has 0 unspecified atom stereocenters. The number of benzene rings is 2. The molecule has 1 aliphatic carbocycles. The highest BCUT2D eigenvalue weighted by Crippen LogP contribution is 2.40. The molecule has 0 N–H and O–H groups in total. The van der Waals surface area contributed by atoms with Gasteiger partial charge in [-0.15, -0.1) is 0 Å². The second-order valence-corrected chi connectivity index (χ2v) is 9.21. The maximum Gasteiger partial charge on any atom is 0.268 e. The highest BCUT2D eigenvalue weighted by atomic mass is 19.1. The van der Waals surface area contributed by atoms with Crippen LogP contribution in [0.5, 0.6) is 11.5 Å². The summed E-state index contributed by atoms with van der Waals surface area (Å²) in [5.74, 6) is 2.27. The Hall–Kier alpha value is -2.60. The third-order valence-electron chi connectivity index (χ3n) is 6.71. The van der Waals surface area contributed by atoms with Crippen molar-refractivity contribution in [3.63, 3.8) is 0 Å². The minimum Gasteiger partial charge on any atom is -0.492 e. The van der Waals surface area contributed by atoms with Crippen LogP contribution in [0.1, 0.15) is 42.7 Å². The molecule has 3 aliphatic rings. The van der Waals surface area contributed by atoms with Crippen LogP contribution in [0, 0.1) is 6.92 Å². The van der Waals surface area contributed by atoms with Gasteiger partial charge in [-0.05, 0) is 73.6 Å². The number of carbonyl (C=O) groups excluding carboxylic acids is 1. The number of rotatable bonds is 8. The standard InChI is InChI=1S/C26H31FN2O3/c1-18-16-22(6-9-24(18)31-15-14-28-12-10-21(27)17-28)29-13-11-25(26(29)30)32-23-7-4-20(5-8-23)19-2-3-19/h4-9,16,19,21,25H,2-3,10-15,17H2,1H3/t21-,25-/m0/s1. The van der Waals surface area contributed by atoms with E-state index in [1.165, 1.54) is 18.4 Å². The number of hydrogen-bond acceptors (Lipinski definition) is 4. The van der Waals surface area contributed by atoms with E-state index < -0.39 is 12.3 Å². The first-order valence-corrected chi connectivity index (χ1v) is 11.7.